The number of aliphatic hydroxyl groups excluding tert-OH is 1. The molecular weight excluding hydrogens is 496 g/mol. The Balaban J connectivity index is 1.85. The number of phenols is 1. The molecule has 0 saturated carbocycles. The number of esters is 1. The second kappa shape index (κ2) is 10.7. The molecule has 3 aromatic rings. The van der Waals surface area contributed by atoms with Gasteiger partial charge in [0.1, 0.15) is 28.7 Å². The predicted molar refractivity (Wildman–Crippen MR) is 138 cm³/mol. The molecule has 37 heavy (non-hydrogen) atoms. The van der Waals surface area contributed by atoms with Gasteiger partial charge < -0.3 is 19.7 Å². The summed E-state index contributed by atoms with van der Waals surface area (Å²) >= 11 is 0.908. The third-order valence-corrected chi connectivity index (χ3v) is 6.71. The van der Waals surface area contributed by atoms with Gasteiger partial charge in [-0.2, -0.15) is 0 Å². The van der Waals surface area contributed by atoms with Crippen LogP contribution in [0.1, 0.15) is 39.5 Å². The second-order valence-corrected chi connectivity index (χ2v) is 9.00. The lowest BCUT2D eigenvalue weighted by molar-refractivity contribution is -0.132. The van der Waals surface area contributed by atoms with E-state index in [1.165, 1.54) is 12.1 Å². The lowest BCUT2D eigenvalue weighted by Gasteiger charge is -2.23. The lowest BCUT2D eigenvalue weighted by atomic mass is 9.95. The fourth-order valence-electron chi connectivity index (χ4n) is 3.93. The summed E-state index contributed by atoms with van der Waals surface area (Å²) in [6, 6.07) is 11.3. The molecule has 1 unspecified atom stereocenters. The van der Waals surface area contributed by atoms with E-state index in [4.69, 9.17) is 9.47 Å². The van der Waals surface area contributed by atoms with Crippen LogP contribution in [0, 0.1) is 6.92 Å². The normalized spacial score (nSPS) is 16.6. The summed E-state index contributed by atoms with van der Waals surface area (Å²) < 4.78 is 10.5. The maximum Gasteiger partial charge on any atom is 0.350 e. The Morgan fingerprint density at radius 2 is 1.95 bits per heavy atom. The van der Waals surface area contributed by atoms with Crippen molar-refractivity contribution in [3.8, 4) is 11.5 Å². The van der Waals surface area contributed by atoms with Gasteiger partial charge in [0.25, 0.3) is 5.78 Å². The minimum absolute atomic E-state index is 0.0863. The van der Waals surface area contributed by atoms with Crippen molar-refractivity contribution in [2.45, 2.75) is 19.9 Å². The third kappa shape index (κ3) is 4.96. The van der Waals surface area contributed by atoms with Crippen LogP contribution >= 0.6 is 11.3 Å². The van der Waals surface area contributed by atoms with Gasteiger partial charge in [-0.05, 0) is 55.8 Å². The minimum Gasteiger partial charge on any atom is -0.508 e. The molecule has 0 radical (unpaired) electrons. The van der Waals surface area contributed by atoms with Crippen molar-refractivity contribution in [2.24, 2.45) is 0 Å². The van der Waals surface area contributed by atoms with E-state index in [-0.39, 0.29) is 33.5 Å². The van der Waals surface area contributed by atoms with Gasteiger partial charge in [-0.3, -0.25) is 14.5 Å². The van der Waals surface area contributed by atoms with Crippen molar-refractivity contribution in [3.05, 3.63) is 88.5 Å². The number of carbonyl (C=O) groups excluding carboxylic acids is 3. The van der Waals surface area contributed by atoms with Crippen molar-refractivity contribution in [2.75, 3.05) is 18.1 Å². The number of nitrogens with zero attached hydrogens (tertiary/aromatic N) is 2. The topological polar surface area (TPSA) is 126 Å². The lowest BCUT2D eigenvalue weighted by Crippen LogP contribution is -2.29. The number of aromatic hydroxyl groups is 1. The van der Waals surface area contributed by atoms with Crippen LogP contribution in [0.3, 0.4) is 0 Å². The van der Waals surface area contributed by atoms with E-state index < -0.39 is 29.5 Å². The zero-order valence-electron chi connectivity index (χ0n) is 20.1. The largest absolute Gasteiger partial charge is 0.508 e. The zero-order chi connectivity index (χ0) is 26.7. The number of aliphatic hydroxyl groups is 1. The van der Waals surface area contributed by atoms with Gasteiger partial charge in [-0.1, -0.05) is 36.1 Å². The van der Waals surface area contributed by atoms with Gasteiger partial charge in [0.2, 0.25) is 0 Å². The molecule has 4 rings (SSSR count). The third-order valence-electron chi connectivity index (χ3n) is 5.58. The van der Waals surface area contributed by atoms with Crippen LogP contribution in [0.15, 0.2) is 66.8 Å². The van der Waals surface area contributed by atoms with Crippen LogP contribution in [0.4, 0.5) is 5.13 Å². The Kier molecular flexibility index (Phi) is 7.40. The molecule has 1 aromatic heterocycles. The average Bonchev–Trinajstić information content (AvgIpc) is 3.39. The van der Waals surface area contributed by atoms with Gasteiger partial charge in [0.15, 0.2) is 5.13 Å². The second-order valence-electron chi connectivity index (χ2n) is 8.02. The number of Topliss-reactive ketones (excluding diaryl/α,β-unsaturated/α-hetero) is 1. The maximum atomic E-state index is 13.3. The highest BCUT2D eigenvalue weighted by atomic mass is 32.1. The van der Waals surface area contributed by atoms with E-state index in [9.17, 15) is 24.6 Å². The molecule has 2 aromatic carbocycles. The maximum absolute atomic E-state index is 13.3. The Hall–Kier alpha value is -4.44. The van der Waals surface area contributed by atoms with Crippen LogP contribution in [-0.2, 0) is 14.3 Å². The quantitative estimate of drug-likeness (QED) is 0.146. The summed E-state index contributed by atoms with van der Waals surface area (Å²) in [5.74, 6) is -2.40. The first-order valence-corrected chi connectivity index (χ1v) is 12.2. The zero-order valence-corrected chi connectivity index (χ0v) is 20.9. The van der Waals surface area contributed by atoms with Crippen LogP contribution < -0.4 is 9.64 Å². The van der Waals surface area contributed by atoms with Crippen LogP contribution in [0.2, 0.25) is 0 Å². The van der Waals surface area contributed by atoms with E-state index in [1.807, 2.05) is 0 Å². The molecule has 2 N–H and O–H groups in total. The molecule has 1 aliphatic rings. The SMILES string of the molecule is C=CCOc1ccc(C(O)=C2C(=O)C(=O)N(c3nc(C)c(C(=O)OCC)s3)C2c2cccc(O)c2)cc1. The van der Waals surface area contributed by atoms with E-state index >= 15 is 0 Å². The van der Waals surface area contributed by atoms with E-state index in [2.05, 4.69) is 11.6 Å². The van der Waals surface area contributed by atoms with Crippen molar-refractivity contribution < 1.29 is 34.1 Å². The first-order valence-electron chi connectivity index (χ1n) is 11.3. The number of aryl methyl sites for hydroxylation is 1. The Bertz CT molecular complexity index is 1410. The molecule has 1 saturated heterocycles. The monoisotopic (exact) mass is 520 g/mol. The van der Waals surface area contributed by atoms with Crippen LogP contribution in [0.5, 0.6) is 11.5 Å². The summed E-state index contributed by atoms with van der Waals surface area (Å²) in [5, 5.41) is 21.4. The molecule has 1 amide bonds. The van der Waals surface area contributed by atoms with Crippen molar-refractivity contribution in [1.82, 2.24) is 4.98 Å². The molecule has 0 bridgehead atoms. The number of phenolic OH excluding ortho intramolecular Hbond substituents is 1. The summed E-state index contributed by atoms with van der Waals surface area (Å²) in [6.45, 7) is 7.33. The molecular formula is C27H24N2O7S. The Morgan fingerprint density at radius 1 is 1.22 bits per heavy atom. The van der Waals surface area contributed by atoms with Gasteiger partial charge in [0.05, 0.1) is 23.9 Å². The summed E-state index contributed by atoms with van der Waals surface area (Å²) in [4.78, 5) is 44.6. The number of carbonyl (C=O) groups is 3. The highest BCUT2D eigenvalue weighted by Crippen LogP contribution is 2.44. The van der Waals surface area contributed by atoms with Crippen LogP contribution in [0.25, 0.3) is 5.76 Å². The van der Waals surface area contributed by atoms with Crippen molar-refractivity contribution in [1.29, 1.82) is 0 Å². The van der Waals surface area contributed by atoms with Crippen LogP contribution in [-0.4, -0.2) is 46.1 Å². The molecule has 190 valence electrons. The number of anilines is 1. The Labute approximate surface area is 216 Å². The fourth-order valence-corrected chi connectivity index (χ4v) is 4.92. The Morgan fingerprint density at radius 3 is 2.59 bits per heavy atom. The molecule has 2 heterocycles. The standard InChI is InChI=1S/C27H24N2O7S/c1-4-13-36-19-11-9-16(10-12-19)22(31)20-21(17-7-6-8-18(30)14-17)29(25(33)23(20)32)27-28-15(3)24(37-27)26(34)35-5-2/h4,6-12,14,21,30-31H,1,5,13H2,2-3H3. The smallest absolute Gasteiger partial charge is 0.350 e. The molecule has 0 aliphatic carbocycles. The van der Waals surface area contributed by atoms with E-state index in [0.29, 0.717) is 23.6 Å². The number of amides is 1. The first kappa shape index (κ1) is 25.6. The molecule has 9 nitrogen and oxygen atoms in total. The minimum atomic E-state index is -1.11. The molecule has 10 heteroatoms. The average molecular weight is 521 g/mol. The number of ketones is 1. The number of ether oxygens (including phenoxy) is 2. The predicted octanol–water partition coefficient (Wildman–Crippen LogP) is 4.52. The summed E-state index contributed by atoms with van der Waals surface area (Å²) in [6.07, 6.45) is 1.60. The molecule has 1 fully saturated rings. The summed E-state index contributed by atoms with van der Waals surface area (Å²) in [7, 11) is 0. The van der Waals surface area contributed by atoms with Gasteiger partial charge >= 0.3 is 11.9 Å². The fraction of sp³-hybridized carbons (Fsp3) is 0.185. The number of rotatable bonds is 8. The number of hydrogen-bond acceptors (Lipinski definition) is 9. The molecule has 1 atom stereocenters. The number of aromatic nitrogens is 1. The highest BCUT2D eigenvalue weighted by molar-refractivity contribution is 7.17. The van der Waals surface area contributed by atoms with E-state index in [0.717, 1.165) is 16.2 Å². The van der Waals surface area contributed by atoms with Gasteiger partial charge in [0, 0.05) is 5.56 Å². The van der Waals surface area contributed by atoms with Gasteiger partial charge in [-0.25, -0.2) is 9.78 Å². The van der Waals surface area contributed by atoms with Crippen molar-refractivity contribution >= 4 is 39.9 Å². The first-order chi connectivity index (χ1) is 17.8. The number of benzene rings is 2. The van der Waals surface area contributed by atoms with Crippen molar-refractivity contribution in [3.63, 3.8) is 0 Å². The molecule has 1 aliphatic heterocycles. The molecule has 0 spiro atoms. The highest BCUT2D eigenvalue weighted by Gasteiger charge is 2.48. The van der Waals surface area contributed by atoms with Gasteiger partial charge in [-0.15, -0.1) is 0 Å². The number of thiazole rings is 1. The van der Waals surface area contributed by atoms with E-state index in [1.54, 1.807) is 56.3 Å². The summed E-state index contributed by atoms with van der Waals surface area (Å²) in [5.41, 5.74) is 0.819. The number of hydrogen-bond donors (Lipinski definition) is 2.